The van der Waals surface area contributed by atoms with Gasteiger partial charge in [0.25, 0.3) is 5.56 Å². The van der Waals surface area contributed by atoms with Crippen molar-refractivity contribution in [3.05, 3.63) is 63.7 Å². The molecule has 0 amide bonds. The molecule has 31 heavy (non-hydrogen) atoms. The minimum absolute atomic E-state index is 0.242. The average molecular weight is 425 g/mol. The summed E-state index contributed by atoms with van der Waals surface area (Å²) in [5.74, 6) is 0.375. The summed E-state index contributed by atoms with van der Waals surface area (Å²) in [6.45, 7) is 7.11. The number of carbonyl (C=O) groups is 1. The van der Waals surface area contributed by atoms with Gasteiger partial charge in [-0.3, -0.25) is 19.7 Å². The van der Waals surface area contributed by atoms with E-state index in [0.29, 0.717) is 17.9 Å². The first-order chi connectivity index (χ1) is 15.1. The number of esters is 1. The van der Waals surface area contributed by atoms with Crippen LogP contribution in [0.4, 0.5) is 0 Å². The van der Waals surface area contributed by atoms with Gasteiger partial charge in [-0.2, -0.15) is 0 Å². The quantitative estimate of drug-likeness (QED) is 0.574. The SMILES string of the molecule is CCOC(=O)c1c[nH]n2c(=O)cc(CN3CCN(Cc4ccc(OC)cc4)CC3)nc12. The van der Waals surface area contributed by atoms with E-state index in [1.807, 2.05) is 12.1 Å². The smallest absolute Gasteiger partial charge is 0.343 e. The van der Waals surface area contributed by atoms with Crippen molar-refractivity contribution in [1.29, 1.82) is 0 Å². The molecule has 1 aliphatic rings. The molecule has 1 N–H and O–H groups in total. The number of fused-ring (bicyclic) bond motifs is 1. The van der Waals surface area contributed by atoms with Crippen LogP contribution < -0.4 is 10.3 Å². The molecule has 0 atom stereocenters. The minimum Gasteiger partial charge on any atom is -0.497 e. The van der Waals surface area contributed by atoms with E-state index in [2.05, 4.69) is 32.0 Å². The van der Waals surface area contributed by atoms with Gasteiger partial charge in [-0.15, -0.1) is 0 Å². The number of aromatic amines is 1. The molecule has 3 aromatic rings. The fraction of sp³-hybridized carbons (Fsp3) is 0.409. The summed E-state index contributed by atoms with van der Waals surface area (Å²) in [7, 11) is 1.67. The zero-order chi connectivity index (χ0) is 21.8. The lowest BCUT2D eigenvalue weighted by atomic mass is 10.2. The van der Waals surface area contributed by atoms with Crippen molar-refractivity contribution in [3.8, 4) is 5.75 Å². The highest BCUT2D eigenvalue weighted by Gasteiger charge is 2.20. The maximum atomic E-state index is 12.4. The third-order valence-electron chi connectivity index (χ3n) is 5.46. The van der Waals surface area contributed by atoms with Crippen LogP contribution in [0.15, 0.2) is 41.3 Å². The molecule has 9 nitrogen and oxygen atoms in total. The van der Waals surface area contributed by atoms with Crippen molar-refractivity contribution in [2.24, 2.45) is 0 Å². The summed E-state index contributed by atoms with van der Waals surface area (Å²) in [6, 6.07) is 9.67. The van der Waals surface area contributed by atoms with E-state index in [4.69, 9.17) is 9.47 Å². The van der Waals surface area contributed by atoms with Gasteiger partial charge in [-0.25, -0.2) is 14.3 Å². The standard InChI is InChI=1S/C22H27N5O4/c1-3-31-22(29)19-13-23-27-20(28)12-17(24-21(19)27)15-26-10-8-25(9-11-26)14-16-4-6-18(30-2)7-5-16/h4-7,12-13,23H,3,8-11,14-15H2,1-2H3. The number of hydrogen-bond donors (Lipinski definition) is 1. The molecule has 1 aromatic carbocycles. The monoisotopic (exact) mass is 425 g/mol. The molecule has 9 heteroatoms. The number of nitrogens with one attached hydrogen (secondary N) is 1. The Hall–Kier alpha value is -3.17. The average Bonchev–Trinajstić information content (AvgIpc) is 3.20. The van der Waals surface area contributed by atoms with Crippen molar-refractivity contribution in [1.82, 2.24) is 24.4 Å². The summed E-state index contributed by atoms with van der Waals surface area (Å²) in [5.41, 5.74) is 2.24. The highest BCUT2D eigenvalue weighted by Crippen LogP contribution is 2.15. The summed E-state index contributed by atoms with van der Waals surface area (Å²) in [4.78, 5) is 33.8. The number of rotatable bonds is 7. The van der Waals surface area contributed by atoms with Crippen molar-refractivity contribution in [2.45, 2.75) is 20.0 Å². The Morgan fingerprint density at radius 2 is 1.77 bits per heavy atom. The largest absolute Gasteiger partial charge is 0.497 e. The Morgan fingerprint density at radius 1 is 1.10 bits per heavy atom. The van der Waals surface area contributed by atoms with Crippen LogP contribution in [0.25, 0.3) is 5.65 Å². The number of hydrogen-bond acceptors (Lipinski definition) is 7. The summed E-state index contributed by atoms with van der Waals surface area (Å²) in [5, 5.41) is 2.78. The van der Waals surface area contributed by atoms with Crippen LogP contribution in [-0.2, 0) is 17.8 Å². The van der Waals surface area contributed by atoms with Crippen LogP contribution in [0.2, 0.25) is 0 Å². The zero-order valence-corrected chi connectivity index (χ0v) is 17.8. The first-order valence-electron chi connectivity index (χ1n) is 10.4. The van der Waals surface area contributed by atoms with Crippen LogP contribution in [0.5, 0.6) is 5.75 Å². The molecule has 0 unspecified atom stereocenters. The number of aromatic nitrogens is 3. The fourth-order valence-corrected chi connectivity index (χ4v) is 3.79. The molecule has 0 radical (unpaired) electrons. The van der Waals surface area contributed by atoms with Crippen LogP contribution in [0.3, 0.4) is 0 Å². The van der Waals surface area contributed by atoms with E-state index in [0.717, 1.165) is 38.5 Å². The molecular formula is C22H27N5O4. The lowest BCUT2D eigenvalue weighted by Crippen LogP contribution is -2.45. The maximum Gasteiger partial charge on any atom is 0.343 e. The van der Waals surface area contributed by atoms with Gasteiger partial charge in [0.1, 0.15) is 11.3 Å². The van der Waals surface area contributed by atoms with E-state index < -0.39 is 5.97 Å². The molecule has 1 saturated heterocycles. The molecule has 1 fully saturated rings. The van der Waals surface area contributed by atoms with Crippen LogP contribution >= 0.6 is 0 Å². The maximum absolute atomic E-state index is 12.4. The van der Waals surface area contributed by atoms with Crippen molar-refractivity contribution in [3.63, 3.8) is 0 Å². The Labute approximate surface area is 180 Å². The summed E-state index contributed by atoms with van der Waals surface area (Å²) >= 11 is 0. The molecule has 0 bridgehead atoms. The molecule has 0 saturated carbocycles. The third kappa shape index (κ3) is 4.78. The lowest BCUT2D eigenvalue weighted by Gasteiger charge is -2.34. The number of H-pyrrole nitrogens is 1. The minimum atomic E-state index is -0.488. The van der Waals surface area contributed by atoms with Gasteiger partial charge in [0.05, 0.1) is 19.4 Å². The van der Waals surface area contributed by atoms with Gasteiger partial charge in [-0.1, -0.05) is 12.1 Å². The number of benzene rings is 1. The van der Waals surface area contributed by atoms with Crippen molar-refractivity contribution < 1.29 is 14.3 Å². The number of nitrogens with zero attached hydrogens (tertiary/aromatic N) is 4. The Bertz CT molecular complexity index is 1100. The first-order valence-corrected chi connectivity index (χ1v) is 10.4. The normalized spacial score (nSPS) is 15.3. The van der Waals surface area contributed by atoms with Crippen LogP contribution in [0, 0.1) is 0 Å². The molecule has 1 aliphatic heterocycles. The van der Waals surface area contributed by atoms with E-state index in [1.165, 1.54) is 22.3 Å². The lowest BCUT2D eigenvalue weighted by molar-refractivity contribution is 0.0528. The predicted molar refractivity (Wildman–Crippen MR) is 115 cm³/mol. The van der Waals surface area contributed by atoms with E-state index in [1.54, 1.807) is 14.0 Å². The summed E-state index contributed by atoms with van der Waals surface area (Å²) < 4.78 is 11.5. The van der Waals surface area contributed by atoms with E-state index in [-0.39, 0.29) is 17.7 Å². The van der Waals surface area contributed by atoms with Gasteiger partial charge in [0.2, 0.25) is 0 Å². The van der Waals surface area contributed by atoms with Gasteiger partial charge < -0.3 is 9.47 Å². The zero-order valence-electron chi connectivity index (χ0n) is 17.8. The topological polar surface area (TPSA) is 92.2 Å². The van der Waals surface area contributed by atoms with Gasteiger partial charge in [0, 0.05) is 51.5 Å². The molecule has 2 aromatic heterocycles. The molecule has 0 aliphatic carbocycles. The molecule has 4 rings (SSSR count). The molecule has 164 valence electrons. The number of ether oxygens (including phenoxy) is 2. The van der Waals surface area contributed by atoms with E-state index in [9.17, 15) is 9.59 Å². The Morgan fingerprint density at radius 3 is 2.42 bits per heavy atom. The second-order valence-electron chi connectivity index (χ2n) is 7.55. The Balaban J connectivity index is 1.39. The molecule has 0 spiro atoms. The molecule has 3 heterocycles. The summed E-state index contributed by atoms with van der Waals surface area (Å²) in [6.07, 6.45) is 1.46. The van der Waals surface area contributed by atoms with Gasteiger partial charge in [0.15, 0.2) is 5.65 Å². The van der Waals surface area contributed by atoms with Gasteiger partial charge in [-0.05, 0) is 24.6 Å². The predicted octanol–water partition coefficient (Wildman–Crippen LogP) is 1.53. The highest BCUT2D eigenvalue weighted by atomic mass is 16.5. The second-order valence-corrected chi connectivity index (χ2v) is 7.55. The number of carbonyl (C=O) groups excluding carboxylic acids is 1. The van der Waals surface area contributed by atoms with Crippen molar-refractivity contribution in [2.75, 3.05) is 39.9 Å². The third-order valence-corrected chi connectivity index (χ3v) is 5.46. The van der Waals surface area contributed by atoms with Crippen LogP contribution in [-0.4, -0.2) is 70.3 Å². The fourth-order valence-electron chi connectivity index (χ4n) is 3.79. The molecular weight excluding hydrogens is 398 g/mol. The number of piperazine rings is 1. The van der Waals surface area contributed by atoms with Gasteiger partial charge >= 0.3 is 5.97 Å². The highest BCUT2D eigenvalue weighted by molar-refractivity contribution is 5.95. The number of methoxy groups -OCH3 is 1. The van der Waals surface area contributed by atoms with Crippen LogP contribution in [0.1, 0.15) is 28.5 Å². The second kappa shape index (κ2) is 9.32. The van der Waals surface area contributed by atoms with E-state index >= 15 is 0 Å². The van der Waals surface area contributed by atoms with Crippen molar-refractivity contribution >= 4 is 11.6 Å². The Kier molecular flexibility index (Phi) is 6.34. The first kappa shape index (κ1) is 21.1.